The summed E-state index contributed by atoms with van der Waals surface area (Å²) in [6, 6.07) is 3.61. The van der Waals surface area contributed by atoms with Crippen molar-refractivity contribution in [1.82, 2.24) is 0 Å². The zero-order valence-electron chi connectivity index (χ0n) is 10.5. The summed E-state index contributed by atoms with van der Waals surface area (Å²) in [6.45, 7) is 0. The highest BCUT2D eigenvalue weighted by molar-refractivity contribution is 9.11. The molecule has 2 aliphatic rings. The van der Waals surface area contributed by atoms with E-state index in [0.29, 0.717) is 11.6 Å². The molecule has 1 amide bonds. The van der Waals surface area contributed by atoms with Crippen LogP contribution in [0.5, 0.6) is 0 Å². The lowest BCUT2D eigenvalue weighted by Gasteiger charge is -2.21. The molecule has 2 saturated carbocycles. The van der Waals surface area contributed by atoms with Crippen molar-refractivity contribution in [2.24, 2.45) is 17.8 Å². The van der Waals surface area contributed by atoms with E-state index in [1.807, 2.05) is 0 Å². The molecular weight excluding hydrogens is 372 g/mol. The maximum Gasteiger partial charge on any atom is 0.227 e. The number of carbonyl (C=O) groups is 1. The minimum Gasteiger partial charge on any atom is -0.399 e. The van der Waals surface area contributed by atoms with Crippen molar-refractivity contribution in [3.8, 4) is 0 Å². The fourth-order valence-electron chi connectivity index (χ4n) is 3.49. The molecule has 1 aromatic carbocycles. The first-order valence-corrected chi connectivity index (χ1v) is 8.18. The molecule has 0 aliphatic heterocycles. The highest BCUT2D eigenvalue weighted by Gasteiger charge is 2.43. The van der Waals surface area contributed by atoms with Crippen molar-refractivity contribution in [1.29, 1.82) is 0 Å². The first-order valence-electron chi connectivity index (χ1n) is 6.60. The Labute approximate surface area is 129 Å². The smallest absolute Gasteiger partial charge is 0.227 e. The molecule has 2 fully saturated rings. The fourth-order valence-corrected chi connectivity index (χ4v) is 4.91. The number of nitrogen functional groups attached to an aromatic ring is 1. The standard InChI is InChI=1S/C14H16Br2N2O/c15-11-5-9(17)6-12(16)13(11)18-14(19)10-4-7-1-2-8(10)3-7/h5-8,10H,1-4,17H2,(H,18,19). The predicted octanol–water partition coefficient (Wildman–Crippen LogP) is 4.17. The van der Waals surface area contributed by atoms with Gasteiger partial charge in [-0.15, -0.1) is 0 Å². The van der Waals surface area contributed by atoms with Crippen molar-refractivity contribution >= 4 is 49.1 Å². The van der Waals surface area contributed by atoms with Gasteiger partial charge in [-0.3, -0.25) is 4.79 Å². The number of benzene rings is 1. The van der Waals surface area contributed by atoms with Crippen molar-refractivity contribution in [2.45, 2.75) is 25.7 Å². The van der Waals surface area contributed by atoms with Crippen LogP contribution >= 0.6 is 31.9 Å². The highest BCUT2D eigenvalue weighted by Crippen LogP contribution is 2.49. The van der Waals surface area contributed by atoms with E-state index in [1.165, 1.54) is 19.3 Å². The summed E-state index contributed by atoms with van der Waals surface area (Å²) in [5, 5.41) is 3.04. The zero-order valence-corrected chi connectivity index (χ0v) is 13.6. The molecule has 2 bridgehead atoms. The van der Waals surface area contributed by atoms with Gasteiger partial charge in [0.25, 0.3) is 0 Å². The number of hydrogen-bond donors (Lipinski definition) is 2. The van der Waals surface area contributed by atoms with Crippen LogP contribution in [0.3, 0.4) is 0 Å². The minimum atomic E-state index is 0.151. The van der Waals surface area contributed by atoms with Crippen LogP contribution in [0.25, 0.3) is 0 Å². The number of fused-ring (bicyclic) bond motifs is 2. The van der Waals surface area contributed by atoms with Crippen LogP contribution in [-0.4, -0.2) is 5.91 Å². The Balaban J connectivity index is 1.77. The Bertz CT molecular complexity index is 509. The average Bonchev–Trinajstić information content (AvgIpc) is 2.95. The quantitative estimate of drug-likeness (QED) is 0.748. The number of halogens is 2. The summed E-state index contributed by atoms with van der Waals surface area (Å²) in [7, 11) is 0. The Kier molecular flexibility index (Phi) is 3.60. The number of anilines is 2. The maximum atomic E-state index is 12.4. The second-order valence-electron chi connectivity index (χ2n) is 5.63. The summed E-state index contributed by atoms with van der Waals surface area (Å²) >= 11 is 6.90. The summed E-state index contributed by atoms with van der Waals surface area (Å²) in [5.41, 5.74) is 7.20. The predicted molar refractivity (Wildman–Crippen MR) is 83.8 cm³/mol. The monoisotopic (exact) mass is 386 g/mol. The SMILES string of the molecule is Nc1cc(Br)c(NC(=O)C2CC3CCC2C3)c(Br)c1. The molecule has 3 rings (SSSR count). The van der Waals surface area contributed by atoms with Gasteiger partial charge in [0.1, 0.15) is 0 Å². The molecule has 3 N–H and O–H groups in total. The summed E-state index contributed by atoms with van der Waals surface area (Å²) < 4.78 is 1.63. The van der Waals surface area contributed by atoms with E-state index in [-0.39, 0.29) is 11.8 Å². The second kappa shape index (κ2) is 5.09. The van der Waals surface area contributed by atoms with E-state index in [1.54, 1.807) is 12.1 Å². The van der Waals surface area contributed by atoms with E-state index in [0.717, 1.165) is 27.0 Å². The molecule has 3 nitrogen and oxygen atoms in total. The normalized spacial score (nSPS) is 28.6. The molecule has 2 aliphatic carbocycles. The van der Waals surface area contributed by atoms with Gasteiger partial charge in [-0.2, -0.15) is 0 Å². The van der Waals surface area contributed by atoms with E-state index in [2.05, 4.69) is 37.2 Å². The summed E-state index contributed by atoms with van der Waals surface area (Å²) in [5.74, 6) is 1.71. The lowest BCUT2D eigenvalue weighted by atomic mass is 9.88. The van der Waals surface area contributed by atoms with Crippen LogP contribution in [0.15, 0.2) is 21.1 Å². The molecule has 5 heteroatoms. The van der Waals surface area contributed by atoms with Gasteiger partial charge in [-0.1, -0.05) is 6.42 Å². The first-order chi connectivity index (χ1) is 9.04. The van der Waals surface area contributed by atoms with Gasteiger partial charge in [0.15, 0.2) is 0 Å². The highest BCUT2D eigenvalue weighted by atomic mass is 79.9. The van der Waals surface area contributed by atoms with Crippen LogP contribution in [0.4, 0.5) is 11.4 Å². The largest absolute Gasteiger partial charge is 0.399 e. The third-order valence-corrected chi connectivity index (χ3v) is 5.64. The van der Waals surface area contributed by atoms with Crippen LogP contribution in [0.2, 0.25) is 0 Å². The van der Waals surface area contributed by atoms with Gasteiger partial charge in [0, 0.05) is 20.6 Å². The van der Waals surface area contributed by atoms with Crippen molar-refractivity contribution in [3.05, 3.63) is 21.1 Å². The topological polar surface area (TPSA) is 55.1 Å². The van der Waals surface area contributed by atoms with E-state index >= 15 is 0 Å². The number of amides is 1. The molecule has 3 unspecified atom stereocenters. The number of nitrogens with two attached hydrogens (primary N) is 1. The second-order valence-corrected chi connectivity index (χ2v) is 7.34. The van der Waals surface area contributed by atoms with Crippen LogP contribution in [0.1, 0.15) is 25.7 Å². The molecule has 0 heterocycles. The Morgan fingerprint density at radius 3 is 2.42 bits per heavy atom. The Morgan fingerprint density at radius 1 is 1.21 bits per heavy atom. The van der Waals surface area contributed by atoms with Crippen molar-refractivity contribution in [2.75, 3.05) is 11.1 Å². The third kappa shape index (κ3) is 2.55. The van der Waals surface area contributed by atoms with Gasteiger partial charge < -0.3 is 11.1 Å². The first kappa shape index (κ1) is 13.4. The van der Waals surface area contributed by atoms with Crippen molar-refractivity contribution < 1.29 is 4.79 Å². The van der Waals surface area contributed by atoms with Crippen LogP contribution in [-0.2, 0) is 4.79 Å². The van der Waals surface area contributed by atoms with Gasteiger partial charge in [0.2, 0.25) is 5.91 Å². The van der Waals surface area contributed by atoms with Gasteiger partial charge in [-0.25, -0.2) is 0 Å². The average molecular weight is 388 g/mol. The number of hydrogen-bond acceptors (Lipinski definition) is 2. The molecule has 0 saturated heterocycles. The lowest BCUT2D eigenvalue weighted by Crippen LogP contribution is -2.27. The van der Waals surface area contributed by atoms with E-state index < -0.39 is 0 Å². The third-order valence-electron chi connectivity index (χ3n) is 4.39. The molecule has 102 valence electrons. The number of nitrogens with one attached hydrogen (secondary N) is 1. The van der Waals surface area contributed by atoms with E-state index in [4.69, 9.17) is 5.73 Å². The summed E-state index contributed by atoms with van der Waals surface area (Å²) in [4.78, 5) is 12.4. The minimum absolute atomic E-state index is 0.151. The van der Waals surface area contributed by atoms with E-state index in [9.17, 15) is 4.79 Å². The summed E-state index contributed by atoms with van der Waals surface area (Å²) in [6.07, 6.45) is 4.82. The molecule has 0 radical (unpaired) electrons. The molecule has 19 heavy (non-hydrogen) atoms. The van der Waals surface area contributed by atoms with Gasteiger partial charge in [0.05, 0.1) is 5.69 Å². The molecular formula is C14H16Br2N2O. The fraction of sp³-hybridized carbons (Fsp3) is 0.500. The number of rotatable bonds is 2. The Hall–Kier alpha value is -0.550. The molecule has 0 aromatic heterocycles. The lowest BCUT2D eigenvalue weighted by molar-refractivity contribution is -0.121. The van der Waals surface area contributed by atoms with Crippen molar-refractivity contribution in [3.63, 3.8) is 0 Å². The maximum absolute atomic E-state index is 12.4. The molecule has 1 aromatic rings. The van der Waals surface area contributed by atoms with Gasteiger partial charge >= 0.3 is 0 Å². The zero-order chi connectivity index (χ0) is 13.6. The van der Waals surface area contributed by atoms with Crippen LogP contribution in [0, 0.1) is 17.8 Å². The van der Waals surface area contributed by atoms with Crippen LogP contribution < -0.4 is 11.1 Å². The van der Waals surface area contributed by atoms with Gasteiger partial charge in [-0.05, 0) is 75.1 Å². The molecule has 0 spiro atoms. The Morgan fingerprint density at radius 2 is 1.89 bits per heavy atom. The molecule has 3 atom stereocenters. The number of carbonyl (C=O) groups excluding carboxylic acids is 1.